The molecule has 11 heterocycles. The first-order chi connectivity index (χ1) is 57.6. The summed E-state index contributed by atoms with van der Waals surface area (Å²) in [7, 11) is 2.96. The van der Waals surface area contributed by atoms with E-state index in [1.165, 1.54) is 128 Å². The summed E-state index contributed by atoms with van der Waals surface area (Å²) in [5, 5.41) is 24.2. The molecule has 6 aliphatic carbocycles. The Morgan fingerprint density at radius 1 is 0.558 bits per heavy atom. The Kier molecular flexibility index (Phi) is 24.4. The number of pyridine rings is 1. The van der Waals surface area contributed by atoms with Crippen LogP contribution in [0.15, 0.2) is 168 Å². The normalized spacial score (nSPS) is 39.8. The van der Waals surface area contributed by atoms with Crippen LogP contribution in [-0.2, 0) is 79.6 Å². The third-order valence-corrected chi connectivity index (χ3v) is 30.8. The van der Waals surface area contributed by atoms with Gasteiger partial charge in [0.15, 0.2) is 36.9 Å². The van der Waals surface area contributed by atoms with Crippen molar-refractivity contribution < 1.29 is 109 Å². The molecule has 2 N–H and O–H groups in total. The van der Waals surface area contributed by atoms with Gasteiger partial charge in [0.1, 0.15) is 106 Å². The van der Waals surface area contributed by atoms with E-state index in [2.05, 4.69) is 24.3 Å². The first kappa shape index (κ1) is 85.2. The standard InChI is InChI=1S/C53H74N3O9.C44H50NO10/c1-34-30-35(2)53-42(14-15-43-45(53)46(57)36(3)48(49(43)65-53)64-50(58)40-11-6-7-12-40)32-44(61-5)52(60)63-47(34)37(4)62-51(59)41-13-8-10-39(31-41)33-56-27-24-55(25-28-56,26-29-56)20-9-19-54-21-16-38(17-22-54)18-23-54;1-24-20-25(2)44-33(14-15-34-36(44)37(47)26(3)39(40(34)55-44)54-41(48)31-11-7-8-12-31)22-35(51-6)43(50)53-38(24)28(5)52-42(49)32-13-9-10-29(21-32)23-45-18-16-30(17-19-45)27(4)46/h6-8,10-11,13-15,30-31,34,36-38,42-49,57H,9,12,16-29,32-33H2,1-5H3;7-11,13-21,24,26,28,33-40,47H,12,22-23H2,1-6H3/q+3;+1/b35-30+;25-20+/t34-,36-,37-,38?,42?,43-,44+,45+,46-,47+,48-,49-,53+,54?,55?,56?;24-,26-,28-,33?,34-,35+,36+,37-,38+,39-,40-,44+/m11/s1. The van der Waals surface area contributed by atoms with Crippen LogP contribution in [-0.4, -0.2) is 236 Å². The van der Waals surface area contributed by atoms with Gasteiger partial charge in [-0.3, -0.25) is 4.79 Å². The van der Waals surface area contributed by atoms with Crippen molar-refractivity contribution in [2.45, 2.75) is 211 Å². The van der Waals surface area contributed by atoms with Crippen LogP contribution >= 0.6 is 0 Å². The summed E-state index contributed by atoms with van der Waals surface area (Å²) in [6.45, 7) is 32.3. The van der Waals surface area contributed by atoms with Crippen molar-refractivity contribution in [3.05, 3.63) is 196 Å². The second-order valence-electron chi connectivity index (χ2n) is 37.8. The lowest BCUT2D eigenvalue weighted by Gasteiger charge is -2.56. The van der Waals surface area contributed by atoms with Gasteiger partial charge in [0.05, 0.1) is 56.1 Å². The van der Waals surface area contributed by atoms with E-state index in [1.54, 1.807) is 56.3 Å². The number of nitrogens with zero attached hydrogens (tertiary/aromatic N) is 4. The monoisotopic (exact) mass is 1650 g/mol. The fraction of sp³-hybridized carbons (Fsp3) is 0.588. The zero-order chi connectivity index (χ0) is 84.5. The molecule has 10 fully saturated rings. The highest BCUT2D eigenvalue weighted by Crippen LogP contribution is 2.63. The number of fused-ring (bicyclic) bond motifs is 6. The van der Waals surface area contributed by atoms with Gasteiger partial charge in [0.2, 0.25) is 0 Å². The van der Waals surface area contributed by atoms with E-state index in [0.29, 0.717) is 47.2 Å². The number of carbonyl (C=O) groups excluding carboxylic acids is 7. The van der Waals surface area contributed by atoms with Crippen LogP contribution in [0.2, 0.25) is 0 Å². The highest BCUT2D eigenvalue weighted by atomic mass is 16.6. The lowest BCUT2D eigenvalue weighted by Crippen LogP contribution is -2.74. The minimum atomic E-state index is -1.02. The number of aliphatic hydroxyl groups is 2. The van der Waals surface area contributed by atoms with Gasteiger partial charge in [-0.05, 0) is 121 Å². The molecule has 23 nitrogen and oxygen atoms in total. The van der Waals surface area contributed by atoms with Crippen LogP contribution in [0.3, 0.4) is 0 Å². The molecule has 23 heteroatoms. The molecular weight excluding hydrogens is 1530 g/mol. The SMILES string of the molecule is CO[C@H]1CC2C=C[C@H]3[C@H]4O[C@]2(/C(C)=C/[C@@H](C)[C@@H]([C@@H](C)OC(=O)c2cccc(C[N+]56CC[N+](CCC[N+]78CCC(CC7)CC8)(CC5)CC6)c2)OC1=O)[C@@H]3[C@H](O)[C@@H](C)[C@H]4OC(=O)C1=CC=CC1.CO[C@H]1CC2C=C[C@H]3[C@H]4O[C@]2(/C(C)=C/[C@@H](C)[C@@H]([C@@H](C)OC(=O)c2cccc(C[n+]5ccc(C(C)=O)cc5)c2)OC1=O)[C@@H]3[C@H](O)[C@@H](C)[C@H]4OC(=O)C1=CC=CC1. The smallest absolute Gasteiger partial charge is 0.338 e. The Labute approximate surface area is 705 Å². The van der Waals surface area contributed by atoms with Gasteiger partial charge in [-0.2, -0.15) is 0 Å². The summed E-state index contributed by atoms with van der Waals surface area (Å²) < 4.78 is 68.4. The number of ether oxygens (including phenoxy) is 10. The maximum atomic E-state index is 14.0. The fourth-order valence-electron chi connectivity index (χ4n) is 23.9. The molecule has 12 bridgehead atoms. The number of ketones is 1. The Morgan fingerprint density at radius 3 is 1.43 bits per heavy atom. The molecule has 16 aliphatic rings. The number of quaternary nitrogens is 3. The summed E-state index contributed by atoms with van der Waals surface area (Å²) in [5.74, 6) is -5.43. The van der Waals surface area contributed by atoms with Crippen LogP contribution in [0, 0.1) is 65.1 Å². The number of esters is 6. The molecule has 642 valence electrons. The largest absolute Gasteiger partial charge is 0.456 e. The van der Waals surface area contributed by atoms with Gasteiger partial charge >= 0.3 is 35.8 Å². The number of piperazine rings is 3. The molecule has 0 radical (unpaired) electrons. The summed E-state index contributed by atoms with van der Waals surface area (Å²) in [4.78, 5) is 93.7. The number of methoxy groups -OCH3 is 2. The first-order valence-electron chi connectivity index (χ1n) is 44.3. The molecule has 8 saturated heterocycles. The number of cyclic esters (lactones) is 2. The minimum Gasteiger partial charge on any atom is -0.456 e. The Balaban J connectivity index is 0.000000181. The molecule has 120 heavy (non-hydrogen) atoms. The highest BCUT2D eigenvalue weighted by molar-refractivity contribution is 5.94. The molecule has 2 aromatic carbocycles. The number of hydrogen-bond donors (Lipinski definition) is 2. The zero-order valence-electron chi connectivity index (χ0n) is 71.6. The number of piperidine rings is 3. The van der Waals surface area contributed by atoms with Crippen molar-refractivity contribution in [2.24, 2.45) is 65.1 Å². The van der Waals surface area contributed by atoms with Crippen LogP contribution in [0.4, 0.5) is 0 Å². The van der Waals surface area contributed by atoms with Crippen LogP contribution in [0.5, 0.6) is 0 Å². The Morgan fingerprint density at radius 2 is 0.992 bits per heavy atom. The van der Waals surface area contributed by atoms with Crippen LogP contribution < -0.4 is 4.57 Å². The number of allylic oxidation sites excluding steroid dienone is 6. The molecule has 19 rings (SSSR count). The molecule has 1 aromatic heterocycles. The van der Waals surface area contributed by atoms with Gasteiger partial charge in [0, 0.05) is 120 Å². The summed E-state index contributed by atoms with van der Waals surface area (Å²) in [5.41, 5.74) is 4.34. The molecular formula is C97H124N4O19+4. The second kappa shape index (κ2) is 34.4. The van der Waals surface area contributed by atoms with Crippen molar-refractivity contribution in [1.82, 2.24) is 0 Å². The fourth-order valence-corrected chi connectivity index (χ4v) is 23.9. The van der Waals surface area contributed by atoms with Gasteiger partial charge in [-0.1, -0.05) is 125 Å². The maximum Gasteiger partial charge on any atom is 0.338 e. The van der Waals surface area contributed by atoms with Crippen LogP contribution in [0.1, 0.15) is 156 Å². The van der Waals surface area contributed by atoms with Gasteiger partial charge < -0.3 is 71.0 Å². The topological polar surface area (TPSA) is 256 Å². The molecule has 24 atom stereocenters. The van der Waals surface area contributed by atoms with E-state index in [9.17, 15) is 43.8 Å². The van der Waals surface area contributed by atoms with E-state index in [1.807, 2.05) is 125 Å². The van der Waals surface area contributed by atoms with E-state index in [-0.39, 0.29) is 60.1 Å². The zero-order valence-corrected chi connectivity index (χ0v) is 71.6. The van der Waals surface area contributed by atoms with Gasteiger partial charge in [0.25, 0.3) is 0 Å². The molecule has 0 amide bonds. The Bertz CT molecular complexity index is 4640. The second-order valence-corrected chi connectivity index (χ2v) is 37.8. The number of rotatable bonds is 21. The quantitative estimate of drug-likeness (QED) is 0.0251. The van der Waals surface area contributed by atoms with E-state index < -0.39 is 138 Å². The predicted molar refractivity (Wildman–Crippen MR) is 443 cm³/mol. The van der Waals surface area contributed by atoms with E-state index in [0.717, 1.165) is 39.2 Å². The number of hydrogen-bond acceptors (Lipinski definition) is 19. The van der Waals surface area contributed by atoms with E-state index >= 15 is 0 Å². The van der Waals surface area contributed by atoms with Crippen LogP contribution in [0.25, 0.3) is 0 Å². The molecule has 2 unspecified atom stereocenters. The Hall–Kier alpha value is -8.36. The molecule has 2 spiro atoms. The minimum absolute atomic E-state index is 0.0140. The lowest BCUT2D eigenvalue weighted by molar-refractivity contribution is -1.09. The van der Waals surface area contributed by atoms with Gasteiger partial charge in [-0.25, -0.2) is 33.3 Å². The number of Topliss-reactive ketones (excluding diaryl/α,β-unsaturated/α-hetero) is 1. The average Bonchev–Trinajstić information content (AvgIpc) is 1.53. The number of aromatic nitrogens is 1. The lowest BCUT2D eigenvalue weighted by atomic mass is 9.57. The number of carbonyl (C=O) groups is 7. The van der Waals surface area contributed by atoms with Crippen molar-refractivity contribution in [3.63, 3.8) is 0 Å². The molecule has 2 saturated carbocycles. The third-order valence-electron chi connectivity index (χ3n) is 30.8. The summed E-state index contributed by atoms with van der Waals surface area (Å²) in [6.07, 6.45) is 24.8. The number of benzene rings is 2. The highest BCUT2D eigenvalue weighted by Gasteiger charge is 2.71. The third kappa shape index (κ3) is 16.1. The predicted octanol–water partition coefficient (Wildman–Crippen LogP) is 10.7. The van der Waals surface area contributed by atoms with Crippen molar-refractivity contribution in [1.29, 1.82) is 0 Å². The molecule has 3 aromatic rings. The van der Waals surface area contributed by atoms with Crippen molar-refractivity contribution in [3.8, 4) is 0 Å². The molecule has 10 aliphatic heterocycles. The summed E-state index contributed by atoms with van der Waals surface area (Å²) >= 11 is 0. The van der Waals surface area contributed by atoms with Gasteiger partial charge in [-0.15, -0.1) is 0 Å². The van der Waals surface area contributed by atoms with Crippen molar-refractivity contribution in [2.75, 3.05) is 86.2 Å². The maximum absolute atomic E-state index is 14.0. The first-order valence-corrected chi connectivity index (χ1v) is 44.3. The number of aliphatic hydroxyl groups excluding tert-OH is 2. The summed E-state index contributed by atoms with van der Waals surface area (Å²) in [6, 6.07) is 18.6. The van der Waals surface area contributed by atoms with Crippen molar-refractivity contribution >= 4 is 41.6 Å². The average molecular weight is 1650 g/mol. The van der Waals surface area contributed by atoms with E-state index in [4.69, 9.17) is 47.4 Å².